The number of hydrogen-bond donors (Lipinski definition) is 1. The fourth-order valence-corrected chi connectivity index (χ4v) is 6.70. The van der Waals surface area contributed by atoms with Crippen LogP contribution in [0, 0.1) is 6.92 Å². The molecule has 0 saturated heterocycles. The highest BCUT2D eigenvalue weighted by molar-refractivity contribution is 7.92. The number of nitrogens with zero attached hydrogens (tertiary/aromatic N) is 2. The van der Waals surface area contributed by atoms with Gasteiger partial charge < -0.3 is 10.2 Å². The van der Waals surface area contributed by atoms with E-state index in [1.807, 2.05) is 67.6 Å². The van der Waals surface area contributed by atoms with Crippen molar-refractivity contribution < 1.29 is 18.0 Å². The molecule has 2 amide bonds. The van der Waals surface area contributed by atoms with Gasteiger partial charge in [-0.3, -0.25) is 13.9 Å². The number of halogens is 1. The summed E-state index contributed by atoms with van der Waals surface area (Å²) in [4.78, 5) is 29.8. The van der Waals surface area contributed by atoms with E-state index in [0.717, 1.165) is 28.3 Å². The molecule has 4 rings (SSSR count). The van der Waals surface area contributed by atoms with Gasteiger partial charge in [0.2, 0.25) is 11.8 Å². The van der Waals surface area contributed by atoms with Gasteiger partial charge in [0.05, 0.1) is 10.6 Å². The van der Waals surface area contributed by atoms with Gasteiger partial charge in [-0.15, -0.1) is 0 Å². The molecule has 7 nitrogen and oxygen atoms in total. The quantitative estimate of drug-likeness (QED) is 0.163. The van der Waals surface area contributed by atoms with Crippen LogP contribution in [0.1, 0.15) is 36.5 Å². The van der Waals surface area contributed by atoms with E-state index >= 15 is 0 Å². The first-order valence-corrected chi connectivity index (χ1v) is 16.5. The Morgan fingerprint density at radius 3 is 2.02 bits per heavy atom. The lowest BCUT2D eigenvalue weighted by molar-refractivity contribution is -0.140. The molecule has 0 aliphatic heterocycles. The van der Waals surface area contributed by atoms with Crippen LogP contribution in [-0.2, 0) is 32.6 Å². The summed E-state index contributed by atoms with van der Waals surface area (Å²) in [5, 5.41) is 3.45. The van der Waals surface area contributed by atoms with Crippen LogP contribution in [0.2, 0.25) is 5.02 Å². The highest BCUT2D eigenvalue weighted by Crippen LogP contribution is 2.29. The predicted molar refractivity (Wildman–Crippen MR) is 176 cm³/mol. The van der Waals surface area contributed by atoms with Crippen LogP contribution in [0.5, 0.6) is 0 Å². The molecule has 4 aromatic rings. The number of rotatable bonds is 14. The van der Waals surface area contributed by atoms with Gasteiger partial charge in [-0.2, -0.15) is 0 Å². The number of hydrogen-bond acceptors (Lipinski definition) is 4. The molecule has 230 valence electrons. The number of amides is 2. The Balaban J connectivity index is 1.79. The Labute approximate surface area is 265 Å². The SMILES string of the molecule is CCCCNC(=O)C(Cc1ccccc1)N(Cc1ccccc1)C(=O)CN(c1ccc(Cl)cc1C)S(=O)(=O)c1ccccc1. The molecular weight excluding hydrogens is 594 g/mol. The van der Waals surface area contributed by atoms with Gasteiger partial charge in [0.1, 0.15) is 12.6 Å². The fourth-order valence-electron chi connectivity index (χ4n) is 4.97. The maximum absolute atomic E-state index is 14.5. The van der Waals surface area contributed by atoms with Crippen molar-refractivity contribution in [1.82, 2.24) is 10.2 Å². The lowest BCUT2D eigenvalue weighted by atomic mass is 10.0. The Bertz CT molecular complexity index is 1630. The topological polar surface area (TPSA) is 86.8 Å². The van der Waals surface area contributed by atoms with E-state index in [4.69, 9.17) is 11.6 Å². The van der Waals surface area contributed by atoms with E-state index < -0.39 is 28.5 Å². The van der Waals surface area contributed by atoms with Gasteiger partial charge in [0, 0.05) is 24.5 Å². The molecule has 1 unspecified atom stereocenters. The van der Waals surface area contributed by atoms with Crippen molar-refractivity contribution in [3.8, 4) is 0 Å². The maximum Gasteiger partial charge on any atom is 0.264 e. The molecule has 9 heteroatoms. The van der Waals surface area contributed by atoms with Crippen LogP contribution in [-0.4, -0.2) is 44.3 Å². The monoisotopic (exact) mass is 631 g/mol. The minimum absolute atomic E-state index is 0.0508. The van der Waals surface area contributed by atoms with Crippen molar-refractivity contribution in [2.45, 2.75) is 50.6 Å². The molecule has 0 radical (unpaired) electrons. The van der Waals surface area contributed by atoms with E-state index in [2.05, 4.69) is 5.32 Å². The number of carbonyl (C=O) groups excluding carboxylic acids is 2. The van der Waals surface area contributed by atoms with Gasteiger partial charge in [-0.1, -0.05) is 104 Å². The summed E-state index contributed by atoms with van der Waals surface area (Å²) in [6, 6.07) is 30.9. The summed E-state index contributed by atoms with van der Waals surface area (Å²) in [7, 11) is -4.17. The molecule has 0 spiro atoms. The minimum Gasteiger partial charge on any atom is -0.354 e. The van der Waals surface area contributed by atoms with Crippen LogP contribution in [0.15, 0.2) is 114 Å². The highest BCUT2D eigenvalue weighted by atomic mass is 35.5. The van der Waals surface area contributed by atoms with Crippen molar-refractivity contribution in [3.63, 3.8) is 0 Å². The summed E-state index contributed by atoms with van der Waals surface area (Å²) < 4.78 is 29.3. The first-order chi connectivity index (χ1) is 21.2. The summed E-state index contributed by atoms with van der Waals surface area (Å²) in [5.41, 5.74) is 2.63. The molecule has 0 aromatic heterocycles. The number of benzene rings is 4. The molecule has 0 bridgehead atoms. The second kappa shape index (κ2) is 15.5. The largest absolute Gasteiger partial charge is 0.354 e. The number of aryl methyl sites for hydroxylation is 1. The van der Waals surface area contributed by atoms with Crippen LogP contribution >= 0.6 is 11.6 Å². The predicted octanol–water partition coefficient (Wildman–Crippen LogP) is 6.40. The van der Waals surface area contributed by atoms with Crippen molar-refractivity contribution >= 4 is 39.1 Å². The molecular formula is C35H38ClN3O4S. The Kier molecular flexibility index (Phi) is 11.6. The average Bonchev–Trinajstić information content (AvgIpc) is 3.03. The molecule has 1 atom stereocenters. The molecule has 4 aromatic carbocycles. The smallest absolute Gasteiger partial charge is 0.264 e. The first-order valence-electron chi connectivity index (χ1n) is 14.7. The van der Waals surface area contributed by atoms with Gasteiger partial charge in [0.15, 0.2) is 0 Å². The average molecular weight is 632 g/mol. The molecule has 0 saturated carbocycles. The van der Waals surface area contributed by atoms with Gasteiger partial charge in [-0.25, -0.2) is 8.42 Å². The standard InChI is InChI=1S/C35H38ClN3O4S/c1-3-4-22-37-35(41)33(24-28-14-8-5-9-15-28)38(25-29-16-10-6-11-17-29)34(40)26-39(32-21-20-30(36)23-27(32)2)44(42,43)31-18-12-7-13-19-31/h5-21,23,33H,3-4,22,24-26H2,1-2H3,(H,37,41). The summed E-state index contributed by atoms with van der Waals surface area (Å²) in [6.07, 6.45) is 1.97. The third-order valence-corrected chi connectivity index (χ3v) is 9.34. The van der Waals surface area contributed by atoms with E-state index in [0.29, 0.717) is 22.8 Å². The zero-order valence-electron chi connectivity index (χ0n) is 25.0. The van der Waals surface area contributed by atoms with Crippen molar-refractivity contribution in [2.75, 3.05) is 17.4 Å². The van der Waals surface area contributed by atoms with Gasteiger partial charge in [-0.05, 0) is 60.4 Å². The van der Waals surface area contributed by atoms with Crippen molar-refractivity contribution in [3.05, 3.63) is 131 Å². The van der Waals surface area contributed by atoms with Crippen LogP contribution in [0.25, 0.3) is 0 Å². The number of nitrogens with one attached hydrogen (secondary N) is 1. The summed E-state index contributed by atoms with van der Waals surface area (Å²) in [6.45, 7) is 3.88. The van der Waals surface area contributed by atoms with Gasteiger partial charge in [0.25, 0.3) is 10.0 Å². The normalized spacial score (nSPS) is 11.9. The zero-order valence-corrected chi connectivity index (χ0v) is 26.6. The third-order valence-electron chi connectivity index (χ3n) is 7.33. The van der Waals surface area contributed by atoms with E-state index in [1.54, 1.807) is 43.3 Å². The fraction of sp³-hybridized carbons (Fsp3) is 0.257. The Morgan fingerprint density at radius 2 is 1.43 bits per heavy atom. The molecule has 0 aliphatic carbocycles. The maximum atomic E-state index is 14.5. The highest BCUT2D eigenvalue weighted by Gasteiger charge is 2.35. The molecule has 0 aliphatic rings. The van der Waals surface area contributed by atoms with Crippen LogP contribution in [0.4, 0.5) is 5.69 Å². The van der Waals surface area contributed by atoms with E-state index in [1.165, 1.54) is 17.0 Å². The molecule has 0 fully saturated rings. The Morgan fingerprint density at radius 1 is 0.841 bits per heavy atom. The minimum atomic E-state index is -4.17. The lowest BCUT2D eigenvalue weighted by Crippen LogP contribution is -2.53. The van der Waals surface area contributed by atoms with Gasteiger partial charge >= 0.3 is 0 Å². The number of anilines is 1. The van der Waals surface area contributed by atoms with Crippen molar-refractivity contribution in [2.24, 2.45) is 0 Å². The summed E-state index contributed by atoms with van der Waals surface area (Å²) >= 11 is 6.22. The first kappa shape index (κ1) is 32.8. The zero-order chi connectivity index (χ0) is 31.5. The third kappa shape index (κ3) is 8.49. The number of sulfonamides is 1. The lowest BCUT2D eigenvalue weighted by Gasteiger charge is -2.34. The Hall–Kier alpha value is -4.14. The summed E-state index contributed by atoms with van der Waals surface area (Å²) in [5.74, 6) is -0.791. The second-order valence-electron chi connectivity index (χ2n) is 10.6. The van der Waals surface area contributed by atoms with Crippen LogP contribution < -0.4 is 9.62 Å². The van der Waals surface area contributed by atoms with E-state index in [9.17, 15) is 18.0 Å². The van der Waals surface area contributed by atoms with Crippen LogP contribution in [0.3, 0.4) is 0 Å². The molecule has 1 N–H and O–H groups in total. The van der Waals surface area contributed by atoms with Crippen molar-refractivity contribution in [1.29, 1.82) is 0 Å². The van der Waals surface area contributed by atoms with E-state index in [-0.39, 0.29) is 23.8 Å². The number of carbonyl (C=O) groups is 2. The molecule has 44 heavy (non-hydrogen) atoms. The molecule has 0 heterocycles. The number of unbranched alkanes of at least 4 members (excludes halogenated alkanes) is 1. The second-order valence-corrected chi connectivity index (χ2v) is 12.9.